The van der Waals surface area contributed by atoms with Crippen LogP contribution in [0.4, 0.5) is 4.39 Å². The fourth-order valence-electron chi connectivity index (χ4n) is 2.55. The molecule has 6 nitrogen and oxygen atoms in total. The molecule has 2 aromatic rings. The van der Waals surface area contributed by atoms with Crippen LogP contribution in [0.2, 0.25) is 0 Å². The smallest absolute Gasteiger partial charge is 0.243 e. The van der Waals surface area contributed by atoms with E-state index in [2.05, 4.69) is 5.32 Å². The van der Waals surface area contributed by atoms with Crippen LogP contribution in [-0.4, -0.2) is 38.8 Å². The molecule has 0 spiro atoms. The van der Waals surface area contributed by atoms with Crippen molar-refractivity contribution in [3.8, 4) is 5.75 Å². The number of likely N-dealkylation sites (N-methyl/N-ethyl adjacent to an activating group) is 1. The van der Waals surface area contributed by atoms with Crippen molar-refractivity contribution in [2.75, 3.05) is 20.2 Å². The quantitative estimate of drug-likeness (QED) is 0.747. The maximum absolute atomic E-state index is 13.0. The Balaban J connectivity index is 2.06. The van der Waals surface area contributed by atoms with Gasteiger partial charge in [-0.1, -0.05) is 19.1 Å². The topological polar surface area (TPSA) is 75.7 Å². The lowest BCUT2D eigenvalue weighted by Crippen LogP contribution is -2.41. The van der Waals surface area contributed by atoms with Gasteiger partial charge in [-0.05, 0) is 48.9 Å². The molecule has 2 aromatic carbocycles. The van der Waals surface area contributed by atoms with Crippen LogP contribution < -0.4 is 10.1 Å². The average molecular weight is 394 g/mol. The molecule has 1 amide bonds. The van der Waals surface area contributed by atoms with Crippen LogP contribution >= 0.6 is 0 Å². The number of methoxy groups -OCH3 is 1. The lowest BCUT2D eigenvalue weighted by molar-refractivity contribution is -0.121. The average Bonchev–Trinajstić information content (AvgIpc) is 2.66. The summed E-state index contributed by atoms with van der Waals surface area (Å²) in [7, 11) is -2.31. The number of rotatable bonds is 8. The molecule has 2 rings (SSSR count). The lowest BCUT2D eigenvalue weighted by Gasteiger charge is -2.22. The summed E-state index contributed by atoms with van der Waals surface area (Å²) in [5, 5.41) is 2.79. The number of ether oxygens (including phenoxy) is 1. The summed E-state index contributed by atoms with van der Waals surface area (Å²) in [5.74, 6) is -0.242. The van der Waals surface area contributed by atoms with Gasteiger partial charge in [0.25, 0.3) is 0 Å². The molecular formula is C19H23FN2O4S. The van der Waals surface area contributed by atoms with E-state index in [4.69, 9.17) is 4.74 Å². The zero-order chi connectivity index (χ0) is 20.0. The zero-order valence-corrected chi connectivity index (χ0v) is 16.3. The minimum atomic E-state index is -3.88. The van der Waals surface area contributed by atoms with Gasteiger partial charge < -0.3 is 10.1 Å². The first-order chi connectivity index (χ1) is 12.8. The number of carbonyl (C=O) groups excluding carboxylic acids is 1. The fourth-order valence-corrected chi connectivity index (χ4v) is 3.95. The summed E-state index contributed by atoms with van der Waals surface area (Å²) in [5.41, 5.74) is 0.869. The predicted molar refractivity (Wildman–Crippen MR) is 100 cm³/mol. The van der Waals surface area contributed by atoms with Crippen LogP contribution in [0.5, 0.6) is 5.75 Å². The molecule has 0 fully saturated rings. The maximum atomic E-state index is 13.0. The number of benzene rings is 2. The predicted octanol–water partition coefficient (Wildman–Crippen LogP) is 2.72. The largest absolute Gasteiger partial charge is 0.497 e. The van der Waals surface area contributed by atoms with Gasteiger partial charge in [0.05, 0.1) is 24.6 Å². The third-order valence-electron chi connectivity index (χ3n) is 4.12. The van der Waals surface area contributed by atoms with Crippen LogP contribution in [-0.2, 0) is 14.8 Å². The molecule has 0 aromatic heterocycles. The highest BCUT2D eigenvalue weighted by Crippen LogP contribution is 2.18. The Bertz CT molecular complexity index is 868. The van der Waals surface area contributed by atoms with Gasteiger partial charge in [-0.25, -0.2) is 12.8 Å². The summed E-state index contributed by atoms with van der Waals surface area (Å²) >= 11 is 0. The molecule has 0 aliphatic heterocycles. The Morgan fingerprint density at radius 1 is 1.15 bits per heavy atom. The molecule has 0 aliphatic carbocycles. The van der Waals surface area contributed by atoms with Crippen LogP contribution in [0.1, 0.15) is 25.5 Å². The number of sulfonamides is 1. The molecule has 27 heavy (non-hydrogen) atoms. The Morgan fingerprint density at radius 2 is 1.74 bits per heavy atom. The van der Waals surface area contributed by atoms with Crippen molar-refractivity contribution < 1.29 is 22.3 Å². The van der Waals surface area contributed by atoms with E-state index in [1.807, 2.05) is 19.1 Å². The van der Waals surface area contributed by atoms with Crippen LogP contribution in [0, 0.1) is 5.82 Å². The number of nitrogens with one attached hydrogen (secondary N) is 1. The van der Waals surface area contributed by atoms with Crippen LogP contribution in [0.25, 0.3) is 0 Å². The van der Waals surface area contributed by atoms with E-state index >= 15 is 0 Å². The van der Waals surface area contributed by atoms with Gasteiger partial charge in [-0.3, -0.25) is 4.79 Å². The molecule has 8 heteroatoms. The highest BCUT2D eigenvalue weighted by molar-refractivity contribution is 7.89. The van der Waals surface area contributed by atoms with Gasteiger partial charge in [0.15, 0.2) is 0 Å². The second-order valence-electron chi connectivity index (χ2n) is 5.95. The third kappa shape index (κ3) is 5.27. The molecular weight excluding hydrogens is 371 g/mol. The number of halogens is 1. The number of hydrogen-bond donors (Lipinski definition) is 1. The minimum Gasteiger partial charge on any atom is -0.497 e. The minimum absolute atomic E-state index is 0.0539. The van der Waals surface area contributed by atoms with Crippen molar-refractivity contribution in [3.63, 3.8) is 0 Å². The van der Waals surface area contributed by atoms with E-state index in [0.717, 1.165) is 22.0 Å². The van der Waals surface area contributed by atoms with Crippen molar-refractivity contribution in [2.45, 2.75) is 24.8 Å². The first-order valence-electron chi connectivity index (χ1n) is 8.47. The Morgan fingerprint density at radius 3 is 2.26 bits per heavy atom. The first-order valence-corrected chi connectivity index (χ1v) is 9.91. The van der Waals surface area contributed by atoms with Crippen LogP contribution in [0.3, 0.4) is 0 Å². The molecule has 1 N–H and O–H groups in total. The van der Waals surface area contributed by atoms with Crippen molar-refractivity contribution in [1.29, 1.82) is 0 Å². The Labute approximate surface area is 159 Å². The van der Waals surface area contributed by atoms with E-state index in [9.17, 15) is 17.6 Å². The molecule has 0 saturated heterocycles. The highest BCUT2D eigenvalue weighted by atomic mass is 32.2. The van der Waals surface area contributed by atoms with Gasteiger partial charge in [-0.15, -0.1) is 0 Å². The first kappa shape index (κ1) is 20.9. The lowest BCUT2D eigenvalue weighted by atomic mass is 10.1. The van der Waals surface area contributed by atoms with E-state index < -0.39 is 21.7 Å². The zero-order valence-electron chi connectivity index (χ0n) is 15.5. The molecule has 0 unspecified atom stereocenters. The van der Waals surface area contributed by atoms with Crippen molar-refractivity contribution in [2.24, 2.45) is 0 Å². The summed E-state index contributed by atoms with van der Waals surface area (Å²) in [6.07, 6.45) is 0. The molecule has 1 atom stereocenters. The SMILES string of the molecule is CCN(CC(=O)N[C@@H](C)c1ccc(OC)cc1)S(=O)(=O)c1ccc(F)cc1. The van der Waals surface area contributed by atoms with Crippen molar-refractivity contribution in [1.82, 2.24) is 9.62 Å². The van der Waals surface area contributed by atoms with E-state index in [1.165, 1.54) is 12.1 Å². The normalized spacial score (nSPS) is 12.6. The number of hydrogen-bond acceptors (Lipinski definition) is 4. The monoisotopic (exact) mass is 394 g/mol. The van der Waals surface area contributed by atoms with Gasteiger partial charge in [0.1, 0.15) is 11.6 Å². The van der Waals surface area contributed by atoms with Gasteiger partial charge in [-0.2, -0.15) is 4.31 Å². The summed E-state index contributed by atoms with van der Waals surface area (Å²) in [6, 6.07) is 11.5. The second kappa shape index (κ2) is 8.96. The van der Waals surface area contributed by atoms with E-state index in [1.54, 1.807) is 26.2 Å². The van der Waals surface area contributed by atoms with Crippen molar-refractivity contribution >= 4 is 15.9 Å². The molecule has 146 valence electrons. The summed E-state index contributed by atoms with van der Waals surface area (Å²) < 4.78 is 44.5. The summed E-state index contributed by atoms with van der Waals surface area (Å²) in [6.45, 7) is 3.24. The fraction of sp³-hybridized carbons (Fsp3) is 0.316. The molecule has 0 radical (unpaired) electrons. The second-order valence-corrected chi connectivity index (χ2v) is 7.89. The molecule has 0 heterocycles. The number of amides is 1. The third-order valence-corrected chi connectivity index (χ3v) is 6.05. The van der Waals surface area contributed by atoms with Gasteiger partial charge >= 0.3 is 0 Å². The van der Waals surface area contributed by atoms with E-state index in [0.29, 0.717) is 5.75 Å². The number of nitrogens with zero attached hydrogens (tertiary/aromatic N) is 1. The standard InChI is InChI=1S/C19H23FN2O4S/c1-4-22(27(24,25)18-11-7-16(20)8-12-18)13-19(23)21-14(2)15-5-9-17(26-3)10-6-15/h5-12,14H,4,13H2,1-3H3,(H,21,23)/t14-/m0/s1. The molecule has 0 saturated carbocycles. The molecule has 0 bridgehead atoms. The highest BCUT2D eigenvalue weighted by Gasteiger charge is 2.25. The Kier molecular flexibility index (Phi) is 6.92. The Hall–Kier alpha value is -2.45. The number of carbonyl (C=O) groups is 1. The van der Waals surface area contributed by atoms with Gasteiger partial charge in [0, 0.05) is 6.54 Å². The summed E-state index contributed by atoms with van der Waals surface area (Å²) in [4.78, 5) is 12.3. The molecule has 0 aliphatic rings. The van der Waals surface area contributed by atoms with Gasteiger partial charge in [0.2, 0.25) is 15.9 Å². The van der Waals surface area contributed by atoms with Crippen molar-refractivity contribution in [3.05, 3.63) is 59.9 Å². The maximum Gasteiger partial charge on any atom is 0.243 e. The van der Waals surface area contributed by atoms with E-state index in [-0.39, 0.29) is 24.0 Å². The van der Waals surface area contributed by atoms with Crippen LogP contribution in [0.15, 0.2) is 53.4 Å².